The second kappa shape index (κ2) is 8.91. The molecule has 1 aliphatic heterocycles. The number of aromatic amines is 1. The zero-order valence-corrected chi connectivity index (χ0v) is 19.7. The van der Waals surface area contributed by atoms with Crippen LogP contribution in [0.1, 0.15) is 48.9 Å². The van der Waals surface area contributed by atoms with Crippen molar-refractivity contribution in [3.05, 3.63) is 53.3 Å². The molecule has 8 heteroatoms. The fourth-order valence-electron chi connectivity index (χ4n) is 5.08. The summed E-state index contributed by atoms with van der Waals surface area (Å²) in [4.78, 5) is 20.8. The van der Waals surface area contributed by atoms with Crippen molar-refractivity contribution in [1.29, 1.82) is 0 Å². The second-order valence-electron chi connectivity index (χ2n) is 9.26. The number of benzene rings is 1. The number of fused-ring (bicyclic) bond motifs is 3. The number of carbonyl (C=O) groups excluding carboxylic acids is 1. The molecule has 174 valence electrons. The van der Waals surface area contributed by atoms with Gasteiger partial charge in [0.25, 0.3) is 0 Å². The highest BCUT2D eigenvalue weighted by molar-refractivity contribution is 7.89. The van der Waals surface area contributed by atoms with Crippen LogP contribution >= 0.6 is 0 Å². The van der Waals surface area contributed by atoms with Crippen LogP contribution in [0.2, 0.25) is 0 Å². The Labute approximate surface area is 194 Å². The van der Waals surface area contributed by atoms with Crippen LogP contribution in [-0.4, -0.2) is 41.7 Å². The number of piperidine rings is 1. The Kier molecular flexibility index (Phi) is 5.97. The highest BCUT2D eigenvalue weighted by atomic mass is 32.2. The van der Waals surface area contributed by atoms with Gasteiger partial charge >= 0.3 is 0 Å². The van der Waals surface area contributed by atoms with Crippen LogP contribution in [0.25, 0.3) is 10.9 Å². The van der Waals surface area contributed by atoms with Gasteiger partial charge in [0.1, 0.15) is 5.82 Å². The summed E-state index contributed by atoms with van der Waals surface area (Å²) in [6, 6.07) is 9.07. The molecule has 2 N–H and O–H groups in total. The smallest absolute Gasteiger partial charge is 0.243 e. The minimum atomic E-state index is -3.69. The predicted molar refractivity (Wildman–Crippen MR) is 129 cm³/mol. The summed E-state index contributed by atoms with van der Waals surface area (Å²) in [5.41, 5.74) is 4.52. The van der Waals surface area contributed by atoms with E-state index in [1.807, 2.05) is 31.2 Å². The van der Waals surface area contributed by atoms with Gasteiger partial charge in [-0.15, -0.1) is 0 Å². The van der Waals surface area contributed by atoms with E-state index in [-0.39, 0.29) is 12.5 Å². The molecule has 0 spiro atoms. The quantitative estimate of drug-likeness (QED) is 0.564. The fraction of sp³-hybridized carbons (Fsp3) is 0.440. The van der Waals surface area contributed by atoms with E-state index >= 15 is 0 Å². The number of hydrogen-bond acceptors (Lipinski definition) is 4. The van der Waals surface area contributed by atoms with Gasteiger partial charge in [0.2, 0.25) is 15.9 Å². The van der Waals surface area contributed by atoms with Crippen LogP contribution in [0.15, 0.2) is 41.4 Å². The average molecular weight is 467 g/mol. The molecule has 1 saturated heterocycles. The summed E-state index contributed by atoms with van der Waals surface area (Å²) in [6.07, 6.45) is 8.48. The van der Waals surface area contributed by atoms with Gasteiger partial charge in [0.15, 0.2) is 0 Å². The van der Waals surface area contributed by atoms with E-state index in [1.54, 1.807) is 12.3 Å². The summed E-state index contributed by atoms with van der Waals surface area (Å²) in [7, 11) is -3.69. The molecule has 0 saturated carbocycles. The summed E-state index contributed by atoms with van der Waals surface area (Å²) in [5, 5.41) is 3.87. The number of sulfonamides is 1. The largest absolute Gasteiger partial charge is 0.358 e. The Morgan fingerprint density at radius 1 is 1.12 bits per heavy atom. The van der Waals surface area contributed by atoms with E-state index in [4.69, 9.17) is 0 Å². The van der Waals surface area contributed by atoms with Crippen LogP contribution in [0.4, 0.5) is 5.82 Å². The molecule has 1 aromatic carbocycles. The summed E-state index contributed by atoms with van der Waals surface area (Å²) >= 11 is 0. The van der Waals surface area contributed by atoms with Crippen molar-refractivity contribution in [2.24, 2.45) is 5.92 Å². The lowest BCUT2D eigenvalue weighted by molar-refractivity contribution is -0.120. The van der Waals surface area contributed by atoms with Crippen molar-refractivity contribution in [2.45, 2.75) is 56.8 Å². The highest BCUT2D eigenvalue weighted by Gasteiger charge is 2.34. The topological polar surface area (TPSA) is 95.2 Å². The molecule has 1 aliphatic carbocycles. The van der Waals surface area contributed by atoms with Crippen molar-refractivity contribution in [2.75, 3.05) is 18.4 Å². The summed E-state index contributed by atoms with van der Waals surface area (Å²) in [5.74, 6) is -0.0823. The van der Waals surface area contributed by atoms with Crippen LogP contribution in [0, 0.1) is 12.8 Å². The lowest BCUT2D eigenvalue weighted by atomic mass is 9.99. The number of hydrogen-bond donors (Lipinski definition) is 2. The first kappa shape index (κ1) is 22.1. The average Bonchev–Trinajstić information content (AvgIpc) is 2.98. The van der Waals surface area contributed by atoms with E-state index < -0.39 is 15.9 Å². The number of nitrogens with zero attached hydrogens (tertiary/aromatic N) is 2. The summed E-state index contributed by atoms with van der Waals surface area (Å²) in [6.45, 7) is 2.55. The fourth-order valence-corrected chi connectivity index (χ4v) is 6.63. The van der Waals surface area contributed by atoms with Gasteiger partial charge in [0, 0.05) is 35.9 Å². The first-order valence-corrected chi connectivity index (χ1v) is 13.2. The Balaban J connectivity index is 1.37. The maximum absolute atomic E-state index is 13.5. The van der Waals surface area contributed by atoms with Crippen LogP contribution < -0.4 is 5.32 Å². The van der Waals surface area contributed by atoms with E-state index in [2.05, 4.69) is 15.3 Å². The van der Waals surface area contributed by atoms with Crippen molar-refractivity contribution in [3.63, 3.8) is 0 Å². The molecule has 7 nitrogen and oxygen atoms in total. The van der Waals surface area contributed by atoms with Gasteiger partial charge in [-0.25, -0.2) is 13.4 Å². The lowest BCUT2D eigenvalue weighted by Gasteiger charge is -2.31. The minimum absolute atomic E-state index is 0.181. The molecule has 1 fully saturated rings. The third-order valence-electron chi connectivity index (χ3n) is 6.88. The Hall–Kier alpha value is -2.71. The van der Waals surface area contributed by atoms with Crippen LogP contribution in [0.3, 0.4) is 0 Å². The Bertz CT molecular complexity index is 1300. The second-order valence-corrected chi connectivity index (χ2v) is 11.2. The number of H-pyrrole nitrogens is 1. The van der Waals surface area contributed by atoms with Crippen molar-refractivity contribution in [1.82, 2.24) is 14.3 Å². The molecule has 5 rings (SSSR count). The van der Waals surface area contributed by atoms with Gasteiger partial charge < -0.3 is 10.3 Å². The predicted octanol–water partition coefficient (Wildman–Crippen LogP) is 4.18. The Morgan fingerprint density at radius 2 is 1.97 bits per heavy atom. The number of nitrogens with one attached hydrogen (secondary N) is 2. The molecule has 3 heterocycles. The van der Waals surface area contributed by atoms with E-state index in [1.165, 1.54) is 28.4 Å². The first-order valence-electron chi connectivity index (χ1n) is 11.8. The minimum Gasteiger partial charge on any atom is -0.358 e. The van der Waals surface area contributed by atoms with E-state index in [0.717, 1.165) is 35.7 Å². The number of pyridine rings is 1. The normalized spacial score (nSPS) is 19.7. The number of amides is 1. The molecule has 0 unspecified atom stereocenters. The van der Waals surface area contributed by atoms with Crippen molar-refractivity contribution >= 4 is 32.7 Å². The molecule has 3 aromatic rings. The molecule has 33 heavy (non-hydrogen) atoms. The number of aromatic nitrogens is 2. The first-order chi connectivity index (χ1) is 15.9. The Morgan fingerprint density at radius 3 is 2.82 bits per heavy atom. The van der Waals surface area contributed by atoms with Crippen LogP contribution in [-0.2, 0) is 27.7 Å². The van der Waals surface area contributed by atoms with Gasteiger partial charge in [-0.05, 0) is 86.9 Å². The molecule has 1 amide bonds. The zero-order valence-electron chi connectivity index (χ0n) is 18.9. The molecular weight excluding hydrogens is 436 g/mol. The third-order valence-corrected chi connectivity index (χ3v) is 8.74. The number of rotatable bonds is 4. The number of carbonyl (C=O) groups is 1. The molecule has 1 atom stereocenters. The highest BCUT2D eigenvalue weighted by Crippen LogP contribution is 2.32. The third kappa shape index (κ3) is 4.42. The maximum Gasteiger partial charge on any atom is 0.243 e. The number of aryl methyl sites for hydroxylation is 3. The molecule has 2 aliphatic rings. The molecule has 0 radical (unpaired) electrons. The van der Waals surface area contributed by atoms with Gasteiger partial charge in [-0.1, -0.05) is 6.42 Å². The van der Waals surface area contributed by atoms with E-state index in [9.17, 15) is 13.2 Å². The van der Waals surface area contributed by atoms with E-state index in [0.29, 0.717) is 30.1 Å². The summed E-state index contributed by atoms with van der Waals surface area (Å²) < 4.78 is 28.5. The lowest BCUT2D eigenvalue weighted by Crippen LogP contribution is -2.43. The SMILES string of the molecule is Cc1ccnc(NC(=O)[C@H]2CCCN(S(=O)(=O)c3ccc4[nH]c5c(c4c3)CCCCC5)C2)c1. The molecule has 0 bridgehead atoms. The molecular formula is C25H30N4O3S. The molecule has 2 aromatic heterocycles. The van der Waals surface area contributed by atoms with Gasteiger partial charge in [-0.3, -0.25) is 4.79 Å². The number of anilines is 1. The standard InChI is InChI=1S/C25H30N4O3S/c1-17-11-12-26-24(14-17)28-25(30)18-6-5-13-29(16-18)33(31,32)19-9-10-23-21(15-19)20-7-3-2-4-8-22(20)27-23/h9-12,14-15,18,27H,2-8,13,16H2,1H3,(H,26,28,30)/t18-/m0/s1. The van der Waals surface area contributed by atoms with Crippen molar-refractivity contribution < 1.29 is 13.2 Å². The van der Waals surface area contributed by atoms with Crippen molar-refractivity contribution in [3.8, 4) is 0 Å². The maximum atomic E-state index is 13.5. The monoisotopic (exact) mass is 466 g/mol. The van der Waals surface area contributed by atoms with Gasteiger partial charge in [-0.2, -0.15) is 4.31 Å². The van der Waals surface area contributed by atoms with Crippen LogP contribution in [0.5, 0.6) is 0 Å². The zero-order chi connectivity index (χ0) is 23.0. The van der Waals surface area contributed by atoms with Gasteiger partial charge in [0.05, 0.1) is 10.8 Å².